The lowest BCUT2D eigenvalue weighted by Gasteiger charge is -2.16. The van der Waals surface area contributed by atoms with E-state index in [-0.39, 0.29) is 17.4 Å². The van der Waals surface area contributed by atoms with Crippen molar-refractivity contribution in [3.63, 3.8) is 0 Å². The SMILES string of the molecule is COC(=O)/C(NC(C)=O)=C1\[C@@H](O)[C@H](O)[C@@H]2CN12. The number of piperidine rings is 1. The first kappa shape index (κ1) is 11.9. The number of methoxy groups -OCH3 is 1. The molecule has 94 valence electrons. The normalized spacial score (nSPS) is 32.9. The summed E-state index contributed by atoms with van der Waals surface area (Å²) >= 11 is 0. The van der Waals surface area contributed by atoms with Crippen molar-refractivity contribution >= 4 is 11.9 Å². The monoisotopic (exact) mass is 242 g/mol. The van der Waals surface area contributed by atoms with Crippen LogP contribution in [-0.4, -0.2) is 58.9 Å². The minimum absolute atomic E-state index is 0.105. The van der Waals surface area contributed by atoms with E-state index in [0.717, 1.165) is 0 Å². The highest BCUT2D eigenvalue weighted by molar-refractivity contribution is 5.94. The molecule has 2 aliphatic heterocycles. The second-order valence-electron chi connectivity index (χ2n) is 4.09. The van der Waals surface area contributed by atoms with Gasteiger partial charge in [0.05, 0.1) is 18.8 Å². The van der Waals surface area contributed by atoms with E-state index in [4.69, 9.17) is 0 Å². The van der Waals surface area contributed by atoms with E-state index in [1.165, 1.54) is 14.0 Å². The van der Waals surface area contributed by atoms with Gasteiger partial charge in [-0.3, -0.25) is 4.79 Å². The molecule has 2 heterocycles. The Kier molecular flexibility index (Phi) is 2.80. The fourth-order valence-corrected chi connectivity index (χ4v) is 2.06. The van der Waals surface area contributed by atoms with Crippen LogP contribution in [0.4, 0.5) is 0 Å². The summed E-state index contributed by atoms with van der Waals surface area (Å²) in [7, 11) is 1.18. The van der Waals surface area contributed by atoms with Crippen molar-refractivity contribution in [3.8, 4) is 0 Å². The lowest BCUT2D eigenvalue weighted by atomic mass is 10.1. The number of amides is 1. The van der Waals surface area contributed by atoms with Crippen LogP contribution in [0.5, 0.6) is 0 Å². The van der Waals surface area contributed by atoms with Crippen molar-refractivity contribution < 1.29 is 24.5 Å². The molecule has 3 atom stereocenters. The topological polar surface area (TPSA) is 98.9 Å². The largest absolute Gasteiger partial charge is 0.464 e. The van der Waals surface area contributed by atoms with Crippen LogP contribution in [0.15, 0.2) is 11.4 Å². The van der Waals surface area contributed by atoms with Gasteiger partial charge in [-0.15, -0.1) is 0 Å². The fraction of sp³-hybridized carbons (Fsp3) is 0.600. The van der Waals surface area contributed by atoms with Crippen molar-refractivity contribution in [3.05, 3.63) is 11.4 Å². The molecule has 2 rings (SSSR count). The predicted octanol–water partition coefficient (Wildman–Crippen LogP) is -2.07. The summed E-state index contributed by atoms with van der Waals surface area (Å²) < 4.78 is 4.55. The number of nitrogens with one attached hydrogen (secondary N) is 1. The maximum atomic E-state index is 11.5. The van der Waals surface area contributed by atoms with Gasteiger partial charge in [-0.25, -0.2) is 4.79 Å². The van der Waals surface area contributed by atoms with E-state index < -0.39 is 24.1 Å². The Morgan fingerprint density at radius 3 is 2.53 bits per heavy atom. The van der Waals surface area contributed by atoms with Gasteiger partial charge in [0.1, 0.15) is 17.9 Å². The zero-order valence-corrected chi connectivity index (χ0v) is 9.51. The van der Waals surface area contributed by atoms with Crippen LogP contribution in [0.2, 0.25) is 0 Å². The summed E-state index contributed by atoms with van der Waals surface area (Å²) in [5.41, 5.74) is 0.121. The number of hydrogen-bond acceptors (Lipinski definition) is 6. The molecule has 7 nitrogen and oxygen atoms in total. The highest BCUT2D eigenvalue weighted by atomic mass is 16.5. The van der Waals surface area contributed by atoms with Gasteiger partial charge >= 0.3 is 5.97 Å². The second kappa shape index (κ2) is 4.01. The molecule has 0 saturated carbocycles. The van der Waals surface area contributed by atoms with Gasteiger partial charge in [-0.1, -0.05) is 0 Å². The van der Waals surface area contributed by atoms with Gasteiger partial charge < -0.3 is 25.2 Å². The molecule has 2 saturated heterocycles. The number of nitrogens with zero attached hydrogens (tertiary/aromatic N) is 1. The van der Waals surface area contributed by atoms with Crippen molar-refractivity contribution in [1.82, 2.24) is 10.2 Å². The molecule has 3 N–H and O–H groups in total. The van der Waals surface area contributed by atoms with E-state index in [0.29, 0.717) is 6.54 Å². The van der Waals surface area contributed by atoms with Gasteiger partial charge in [0.25, 0.3) is 0 Å². The molecule has 0 aromatic carbocycles. The smallest absolute Gasteiger partial charge is 0.356 e. The Bertz CT molecular complexity index is 406. The molecule has 7 heteroatoms. The third-order valence-corrected chi connectivity index (χ3v) is 2.90. The Hall–Kier alpha value is -1.60. The molecule has 1 amide bonds. The highest BCUT2D eigenvalue weighted by Crippen LogP contribution is 2.40. The summed E-state index contributed by atoms with van der Waals surface area (Å²) in [5.74, 6) is -1.18. The Morgan fingerprint density at radius 1 is 1.47 bits per heavy atom. The number of fused-ring (bicyclic) bond motifs is 1. The van der Waals surface area contributed by atoms with Crippen molar-refractivity contribution in [2.45, 2.75) is 25.2 Å². The highest BCUT2D eigenvalue weighted by Gasteiger charge is 2.55. The van der Waals surface area contributed by atoms with Crippen molar-refractivity contribution in [2.75, 3.05) is 13.7 Å². The molecule has 2 aliphatic rings. The second-order valence-corrected chi connectivity index (χ2v) is 4.09. The van der Waals surface area contributed by atoms with Gasteiger partial charge in [0.15, 0.2) is 0 Å². The molecular weight excluding hydrogens is 228 g/mol. The first-order valence-electron chi connectivity index (χ1n) is 5.20. The molecule has 0 bridgehead atoms. The van der Waals surface area contributed by atoms with Crippen molar-refractivity contribution in [1.29, 1.82) is 0 Å². The molecule has 0 aromatic rings. The number of aliphatic hydroxyl groups is 2. The van der Waals surface area contributed by atoms with Crippen molar-refractivity contribution in [2.24, 2.45) is 0 Å². The zero-order chi connectivity index (χ0) is 12.7. The summed E-state index contributed by atoms with van der Waals surface area (Å²) in [6.07, 6.45) is -2.10. The average Bonchev–Trinajstić information content (AvgIpc) is 3.00. The van der Waals surface area contributed by atoms with E-state index >= 15 is 0 Å². The maximum absolute atomic E-state index is 11.5. The van der Waals surface area contributed by atoms with Crippen LogP contribution in [-0.2, 0) is 14.3 Å². The summed E-state index contributed by atoms with van der Waals surface area (Å²) in [4.78, 5) is 24.2. The van der Waals surface area contributed by atoms with Gasteiger partial charge in [0.2, 0.25) is 5.91 Å². The third-order valence-electron chi connectivity index (χ3n) is 2.90. The van der Waals surface area contributed by atoms with Gasteiger partial charge in [0, 0.05) is 13.5 Å². The maximum Gasteiger partial charge on any atom is 0.356 e. The first-order valence-corrected chi connectivity index (χ1v) is 5.20. The zero-order valence-electron chi connectivity index (χ0n) is 9.51. The van der Waals surface area contributed by atoms with Crippen LogP contribution in [0.25, 0.3) is 0 Å². The molecule has 0 aliphatic carbocycles. The predicted molar refractivity (Wildman–Crippen MR) is 55.4 cm³/mol. The average molecular weight is 242 g/mol. The molecule has 17 heavy (non-hydrogen) atoms. The molecule has 2 fully saturated rings. The van der Waals surface area contributed by atoms with E-state index in [1.54, 1.807) is 4.90 Å². The van der Waals surface area contributed by atoms with Crippen LogP contribution in [0, 0.1) is 0 Å². The molecular formula is C10H14N2O5. The number of esters is 1. The minimum atomic E-state index is -1.17. The lowest BCUT2D eigenvalue weighted by molar-refractivity contribution is -0.138. The number of carbonyl (C=O) groups is 2. The fourth-order valence-electron chi connectivity index (χ4n) is 2.06. The standard InChI is InChI=1S/C10H14N2O5/c1-4(13)11-6(10(16)17-2)7-9(15)8(14)5-3-12(5)7/h5,8-9,14-15H,3H2,1-2H3,(H,11,13)/b7-6-/t5-,8+,9+,12?/m0/s1. The molecule has 0 radical (unpaired) electrons. The van der Waals surface area contributed by atoms with Crippen LogP contribution >= 0.6 is 0 Å². The quantitative estimate of drug-likeness (QED) is 0.292. The van der Waals surface area contributed by atoms with Gasteiger partial charge in [-0.05, 0) is 0 Å². The number of hydrogen-bond donors (Lipinski definition) is 3. The number of carbonyl (C=O) groups excluding carboxylic acids is 2. The van der Waals surface area contributed by atoms with Crippen LogP contribution in [0.3, 0.4) is 0 Å². The Morgan fingerprint density at radius 2 is 2.12 bits per heavy atom. The Labute approximate surface area is 97.7 Å². The van der Waals surface area contributed by atoms with Gasteiger partial charge in [-0.2, -0.15) is 0 Å². The summed E-state index contributed by atoms with van der Waals surface area (Å²) in [5, 5.41) is 21.7. The van der Waals surface area contributed by atoms with E-state index in [1.807, 2.05) is 0 Å². The minimum Gasteiger partial charge on any atom is -0.464 e. The molecule has 0 aromatic heterocycles. The number of rotatable bonds is 2. The third kappa shape index (κ3) is 1.87. The first-order chi connectivity index (χ1) is 7.97. The van der Waals surface area contributed by atoms with E-state index in [2.05, 4.69) is 10.1 Å². The number of ether oxygens (including phenoxy) is 1. The lowest BCUT2D eigenvalue weighted by Crippen LogP contribution is -2.34. The summed E-state index contributed by atoms with van der Waals surface area (Å²) in [6.45, 7) is 1.81. The van der Waals surface area contributed by atoms with Crippen LogP contribution in [0.1, 0.15) is 6.92 Å². The van der Waals surface area contributed by atoms with E-state index in [9.17, 15) is 19.8 Å². The Balaban J connectivity index is 2.36. The van der Waals surface area contributed by atoms with Crippen LogP contribution < -0.4 is 5.32 Å². The number of aliphatic hydroxyl groups excluding tert-OH is 2. The molecule has 0 spiro atoms. The summed E-state index contributed by atoms with van der Waals surface area (Å²) in [6, 6.07) is -0.173. The molecule has 0 unspecified atom stereocenters.